The summed E-state index contributed by atoms with van der Waals surface area (Å²) in [5.41, 5.74) is 9.02. The molecule has 2 aromatic rings. The van der Waals surface area contributed by atoms with Crippen LogP contribution < -0.4 is 10.5 Å². The zero-order valence-corrected chi connectivity index (χ0v) is 13.7. The molecule has 1 aliphatic carbocycles. The lowest BCUT2D eigenvalue weighted by Crippen LogP contribution is -2.27. The minimum absolute atomic E-state index is 0.333. The van der Waals surface area contributed by atoms with E-state index in [0.29, 0.717) is 11.6 Å². The molecule has 5 heteroatoms. The molecule has 3 rings (SSSR count). The Kier molecular flexibility index (Phi) is 6.35. The van der Waals surface area contributed by atoms with Crippen molar-refractivity contribution < 1.29 is 19.7 Å². The van der Waals surface area contributed by atoms with Gasteiger partial charge in [0.2, 0.25) is 0 Å². The van der Waals surface area contributed by atoms with Crippen LogP contribution in [0.2, 0.25) is 0 Å². The van der Waals surface area contributed by atoms with Crippen LogP contribution in [0.15, 0.2) is 48.5 Å². The van der Waals surface area contributed by atoms with Gasteiger partial charge in [0, 0.05) is 6.04 Å². The third-order valence-electron chi connectivity index (χ3n) is 4.05. The molecule has 0 spiro atoms. The molecule has 2 atom stereocenters. The molecule has 0 saturated carbocycles. The molecule has 0 aromatic heterocycles. The number of hydrogen-bond donors (Lipinski definition) is 3. The zero-order chi connectivity index (χ0) is 17.5. The Hall–Kier alpha value is -2.37. The number of aliphatic hydroxyl groups excluding tert-OH is 1. The Bertz CT molecular complexity index is 672. The van der Waals surface area contributed by atoms with Crippen LogP contribution in [-0.4, -0.2) is 29.3 Å². The molecule has 5 nitrogen and oxygen atoms in total. The summed E-state index contributed by atoms with van der Waals surface area (Å²) in [7, 11) is 1.73. The van der Waals surface area contributed by atoms with Gasteiger partial charge in [-0.2, -0.15) is 0 Å². The van der Waals surface area contributed by atoms with E-state index in [0.717, 1.165) is 25.0 Å². The highest BCUT2D eigenvalue weighted by Gasteiger charge is 2.18. The lowest BCUT2D eigenvalue weighted by atomic mass is 9.88. The smallest absolute Gasteiger partial charge is 0.337 e. The molecule has 4 N–H and O–H groups in total. The Labute approximate surface area is 141 Å². The molecule has 2 aromatic carbocycles. The Morgan fingerprint density at radius 2 is 1.92 bits per heavy atom. The Morgan fingerprint density at radius 3 is 2.54 bits per heavy atom. The number of aliphatic carboxylic acids is 1. The first-order valence-corrected chi connectivity index (χ1v) is 7.89. The highest BCUT2D eigenvalue weighted by Crippen LogP contribution is 2.28. The van der Waals surface area contributed by atoms with E-state index < -0.39 is 12.1 Å². The number of aliphatic hydroxyl groups is 1. The molecule has 1 aliphatic rings. The summed E-state index contributed by atoms with van der Waals surface area (Å²) < 4.78 is 5.31. The van der Waals surface area contributed by atoms with Gasteiger partial charge >= 0.3 is 5.97 Å². The third-order valence-corrected chi connectivity index (χ3v) is 4.05. The average molecular weight is 329 g/mol. The lowest BCUT2D eigenvalue weighted by Gasteiger charge is -2.22. The molecule has 0 radical (unpaired) electrons. The fourth-order valence-electron chi connectivity index (χ4n) is 2.77. The van der Waals surface area contributed by atoms with Gasteiger partial charge in [-0.1, -0.05) is 42.5 Å². The van der Waals surface area contributed by atoms with Crippen LogP contribution >= 0.6 is 0 Å². The molecule has 0 saturated heterocycles. The first-order valence-electron chi connectivity index (χ1n) is 7.89. The largest absolute Gasteiger partial charge is 0.496 e. The third kappa shape index (κ3) is 4.57. The minimum Gasteiger partial charge on any atom is -0.496 e. The van der Waals surface area contributed by atoms with Crippen LogP contribution in [0.5, 0.6) is 5.75 Å². The van der Waals surface area contributed by atoms with E-state index in [1.54, 1.807) is 37.4 Å². The van der Waals surface area contributed by atoms with E-state index in [1.165, 1.54) is 11.1 Å². The van der Waals surface area contributed by atoms with Crippen LogP contribution in [0.25, 0.3) is 0 Å². The fourth-order valence-corrected chi connectivity index (χ4v) is 2.77. The molecule has 0 aliphatic heterocycles. The van der Waals surface area contributed by atoms with Crippen LogP contribution in [0.1, 0.15) is 29.2 Å². The molecule has 0 unspecified atom stereocenters. The van der Waals surface area contributed by atoms with Gasteiger partial charge in [0.25, 0.3) is 0 Å². The second-order valence-corrected chi connectivity index (χ2v) is 5.75. The second-order valence-electron chi connectivity index (χ2n) is 5.75. The van der Waals surface area contributed by atoms with Crippen LogP contribution in [0.4, 0.5) is 0 Å². The number of carbonyl (C=O) groups is 1. The van der Waals surface area contributed by atoms with E-state index in [-0.39, 0.29) is 0 Å². The molecular formula is C19H23NO4. The maximum atomic E-state index is 10.2. The molecule has 0 bridgehead atoms. The molecule has 0 fully saturated rings. The number of methoxy groups -OCH3 is 1. The predicted octanol–water partition coefficient (Wildman–Crippen LogP) is 2.32. The van der Waals surface area contributed by atoms with Gasteiger partial charge in [0.05, 0.1) is 7.11 Å². The number of carboxylic acid groups (broad SMARTS) is 1. The van der Waals surface area contributed by atoms with Crippen molar-refractivity contribution in [3.05, 3.63) is 65.2 Å². The summed E-state index contributed by atoms with van der Waals surface area (Å²) in [5.74, 6) is -0.208. The summed E-state index contributed by atoms with van der Waals surface area (Å²) in [6.45, 7) is 0. The van der Waals surface area contributed by atoms with Gasteiger partial charge < -0.3 is 20.7 Å². The van der Waals surface area contributed by atoms with Crippen molar-refractivity contribution >= 4 is 5.97 Å². The maximum absolute atomic E-state index is 10.2. The van der Waals surface area contributed by atoms with Gasteiger partial charge in [-0.05, 0) is 42.0 Å². The van der Waals surface area contributed by atoms with Crippen molar-refractivity contribution in [2.75, 3.05) is 7.11 Å². The quantitative estimate of drug-likeness (QED) is 0.803. The monoisotopic (exact) mass is 329 g/mol. The van der Waals surface area contributed by atoms with Crippen molar-refractivity contribution in [3.8, 4) is 5.75 Å². The first-order chi connectivity index (χ1) is 11.5. The lowest BCUT2D eigenvalue weighted by molar-refractivity contribution is -0.146. The number of nitrogens with two attached hydrogens (primary N) is 1. The van der Waals surface area contributed by atoms with E-state index in [2.05, 4.69) is 6.07 Å². The van der Waals surface area contributed by atoms with Crippen molar-refractivity contribution in [2.24, 2.45) is 5.73 Å². The SMILES string of the molecule is COc1cccc2c1CC[C@@H](N)C2.O=C(O)[C@H](O)c1ccccc1. The van der Waals surface area contributed by atoms with Gasteiger partial charge in [0.1, 0.15) is 5.75 Å². The van der Waals surface area contributed by atoms with Crippen LogP contribution in [0, 0.1) is 0 Å². The molecule has 128 valence electrons. The van der Waals surface area contributed by atoms with Crippen LogP contribution in [0.3, 0.4) is 0 Å². The second kappa shape index (κ2) is 8.47. The normalized spacial score (nSPS) is 17.0. The summed E-state index contributed by atoms with van der Waals surface area (Å²) >= 11 is 0. The van der Waals surface area contributed by atoms with Crippen LogP contribution in [-0.2, 0) is 17.6 Å². The van der Waals surface area contributed by atoms with E-state index in [1.807, 2.05) is 12.1 Å². The Morgan fingerprint density at radius 1 is 1.21 bits per heavy atom. The number of hydrogen-bond acceptors (Lipinski definition) is 4. The predicted molar refractivity (Wildman–Crippen MR) is 92.0 cm³/mol. The topological polar surface area (TPSA) is 92.8 Å². The zero-order valence-electron chi connectivity index (χ0n) is 13.7. The molecule has 0 amide bonds. The van der Waals surface area contributed by atoms with Gasteiger partial charge in [0.15, 0.2) is 6.10 Å². The van der Waals surface area contributed by atoms with Crippen molar-refractivity contribution in [2.45, 2.75) is 31.4 Å². The van der Waals surface area contributed by atoms with Gasteiger partial charge in [-0.3, -0.25) is 0 Å². The number of rotatable bonds is 3. The summed E-state index contributed by atoms with van der Waals surface area (Å²) in [6.07, 6.45) is 1.72. The van der Waals surface area contributed by atoms with Crippen molar-refractivity contribution in [1.29, 1.82) is 0 Å². The average Bonchev–Trinajstić information content (AvgIpc) is 2.61. The number of ether oxygens (including phenoxy) is 1. The van der Waals surface area contributed by atoms with E-state index in [9.17, 15) is 4.79 Å². The summed E-state index contributed by atoms with van der Waals surface area (Å²) in [4.78, 5) is 10.2. The number of benzene rings is 2. The van der Waals surface area contributed by atoms with Gasteiger partial charge in [-0.25, -0.2) is 4.79 Å². The molecule has 0 heterocycles. The highest BCUT2D eigenvalue weighted by molar-refractivity contribution is 5.73. The van der Waals surface area contributed by atoms with Crippen molar-refractivity contribution in [3.63, 3.8) is 0 Å². The highest BCUT2D eigenvalue weighted by atomic mass is 16.5. The number of fused-ring (bicyclic) bond motifs is 1. The van der Waals surface area contributed by atoms with E-state index in [4.69, 9.17) is 20.7 Å². The fraction of sp³-hybridized carbons (Fsp3) is 0.316. The molecule has 24 heavy (non-hydrogen) atoms. The number of carboxylic acids is 1. The minimum atomic E-state index is -1.41. The standard InChI is InChI=1S/C11H15NO.C8H8O3/c1-13-11-4-2-3-8-7-9(12)5-6-10(8)11;9-7(8(10)11)6-4-2-1-3-5-6/h2-4,9H,5-7,12H2,1H3;1-5,7,9H,(H,10,11)/t9-;7-/m11/s1. The summed E-state index contributed by atoms with van der Waals surface area (Å²) in [6, 6.07) is 14.8. The van der Waals surface area contributed by atoms with E-state index >= 15 is 0 Å². The molecular weight excluding hydrogens is 306 g/mol. The first kappa shape index (κ1) is 18.0. The Balaban J connectivity index is 0.000000177. The van der Waals surface area contributed by atoms with Gasteiger partial charge in [-0.15, -0.1) is 0 Å². The maximum Gasteiger partial charge on any atom is 0.337 e. The van der Waals surface area contributed by atoms with Crippen molar-refractivity contribution in [1.82, 2.24) is 0 Å². The summed E-state index contributed by atoms with van der Waals surface area (Å²) in [5, 5.41) is 17.4.